The van der Waals surface area contributed by atoms with Gasteiger partial charge in [-0.1, -0.05) is 33.1 Å². The Labute approximate surface area is 172 Å². The first-order valence-electron chi connectivity index (χ1n) is 10.6. The Hall–Kier alpha value is -1.33. The van der Waals surface area contributed by atoms with Crippen LogP contribution in [0, 0.1) is 5.92 Å². The van der Waals surface area contributed by atoms with Crippen LogP contribution in [-0.2, 0) is 4.74 Å². The maximum absolute atomic E-state index is 5.83. The topological polar surface area (TPSA) is 36.5 Å². The van der Waals surface area contributed by atoms with E-state index in [1.165, 1.54) is 31.4 Å². The van der Waals surface area contributed by atoms with E-state index >= 15 is 0 Å². The minimum Gasteiger partial charge on any atom is -0.381 e. The molecule has 0 amide bonds. The van der Waals surface area contributed by atoms with E-state index in [0.717, 1.165) is 45.0 Å². The molecule has 0 saturated carbocycles. The summed E-state index contributed by atoms with van der Waals surface area (Å²) in [4.78, 5) is 2.33. The molecule has 0 radical (unpaired) electrons. The molecule has 5 heteroatoms. The zero-order chi connectivity index (χ0) is 19.9. The summed E-state index contributed by atoms with van der Waals surface area (Å²) in [5.74, 6) is 0.708. The number of nitrogens with one attached hydrogen (secondary N) is 2. The second kappa shape index (κ2) is 14.7. The fraction of sp³-hybridized carbons (Fsp3) is 0.682. The van der Waals surface area contributed by atoms with Crippen molar-refractivity contribution >= 4 is 28.7 Å². The van der Waals surface area contributed by atoms with Crippen LogP contribution in [-0.4, -0.2) is 38.0 Å². The quantitative estimate of drug-likeness (QED) is 0.325. The fourth-order valence-corrected chi connectivity index (χ4v) is 3.26. The molecular weight excluding hydrogens is 354 g/mol. The summed E-state index contributed by atoms with van der Waals surface area (Å²) >= 11 is 5.38. The van der Waals surface area contributed by atoms with Gasteiger partial charge >= 0.3 is 0 Å². The SMILES string of the molecule is CCCCC(CC)COCCCNC(=S)Nc1ccc(N(CC)CC)cc1. The van der Waals surface area contributed by atoms with Crippen LogP contribution < -0.4 is 15.5 Å². The molecular formula is C22H39N3OS. The lowest BCUT2D eigenvalue weighted by molar-refractivity contribution is 0.0928. The van der Waals surface area contributed by atoms with Gasteiger partial charge < -0.3 is 20.3 Å². The summed E-state index contributed by atoms with van der Waals surface area (Å²) in [6.07, 6.45) is 6.03. The molecule has 1 unspecified atom stereocenters. The van der Waals surface area contributed by atoms with Crippen LogP contribution in [0.1, 0.15) is 59.8 Å². The van der Waals surface area contributed by atoms with E-state index in [1.54, 1.807) is 0 Å². The number of anilines is 2. The summed E-state index contributed by atoms with van der Waals surface area (Å²) in [6.45, 7) is 13.4. The van der Waals surface area contributed by atoms with Crippen LogP contribution in [0.15, 0.2) is 24.3 Å². The molecule has 0 aliphatic rings. The standard InChI is InChI=1S/C22H39N3OS/c1-5-9-11-19(6-2)18-26-17-10-16-23-22(27)24-20-12-14-21(15-13-20)25(7-3)8-4/h12-15,19H,5-11,16-18H2,1-4H3,(H2,23,24,27). The molecule has 0 aliphatic heterocycles. The average Bonchev–Trinajstić information content (AvgIpc) is 2.69. The van der Waals surface area contributed by atoms with Crippen molar-refractivity contribution in [1.82, 2.24) is 5.32 Å². The minimum absolute atomic E-state index is 0.667. The number of rotatable bonds is 14. The molecule has 154 valence electrons. The van der Waals surface area contributed by atoms with E-state index < -0.39 is 0 Å². The van der Waals surface area contributed by atoms with Crippen molar-refractivity contribution in [3.05, 3.63) is 24.3 Å². The second-order valence-electron chi connectivity index (χ2n) is 6.95. The first-order valence-corrected chi connectivity index (χ1v) is 11.0. The van der Waals surface area contributed by atoms with Crippen LogP contribution in [0.5, 0.6) is 0 Å². The fourth-order valence-electron chi connectivity index (χ4n) is 3.04. The van der Waals surface area contributed by atoms with Gasteiger partial charge in [-0.05, 0) is 69.1 Å². The number of ether oxygens (including phenoxy) is 1. The van der Waals surface area contributed by atoms with Crippen LogP contribution in [0.3, 0.4) is 0 Å². The number of nitrogens with zero attached hydrogens (tertiary/aromatic N) is 1. The van der Waals surface area contributed by atoms with Gasteiger partial charge in [0.05, 0.1) is 0 Å². The molecule has 0 aliphatic carbocycles. The van der Waals surface area contributed by atoms with Crippen LogP contribution >= 0.6 is 12.2 Å². The Morgan fingerprint density at radius 2 is 1.78 bits per heavy atom. The molecule has 1 atom stereocenters. The van der Waals surface area contributed by atoms with Gasteiger partial charge in [-0.15, -0.1) is 0 Å². The lowest BCUT2D eigenvalue weighted by Crippen LogP contribution is -2.30. The molecule has 1 aromatic carbocycles. The molecule has 1 rings (SSSR count). The molecule has 0 aromatic heterocycles. The molecule has 1 aromatic rings. The highest BCUT2D eigenvalue weighted by atomic mass is 32.1. The summed E-state index contributed by atoms with van der Waals surface area (Å²) in [5, 5.41) is 7.17. The molecule has 0 spiro atoms. The van der Waals surface area contributed by atoms with Crippen molar-refractivity contribution in [2.75, 3.05) is 43.1 Å². The lowest BCUT2D eigenvalue weighted by atomic mass is 10.0. The molecule has 0 bridgehead atoms. The maximum Gasteiger partial charge on any atom is 0.170 e. The van der Waals surface area contributed by atoms with E-state index in [9.17, 15) is 0 Å². The highest BCUT2D eigenvalue weighted by Crippen LogP contribution is 2.17. The van der Waals surface area contributed by atoms with Gasteiger partial charge in [0, 0.05) is 44.2 Å². The van der Waals surface area contributed by atoms with Crippen molar-refractivity contribution in [2.45, 2.75) is 59.8 Å². The third kappa shape index (κ3) is 9.96. The zero-order valence-electron chi connectivity index (χ0n) is 17.7. The van der Waals surface area contributed by atoms with Gasteiger partial charge in [-0.3, -0.25) is 0 Å². The molecule has 0 heterocycles. The number of benzene rings is 1. The highest BCUT2D eigenvalue weighted by Gasteiger charge is 2.06. The summed E-state index contributed by atoms with van der Waals surface area (Å²) in [6, 6.07) is 8.42. The van der Waals surface area contributed by atoms with E-state index in [0.29, 0.717) is 11.0 Å². The Balaban J connectivity index is 2.18. The Morgan fingerprint density at radius 1 is 1.07 bits per heavy atom. The van der Waals surface area contributed by atoms with Gasteiger partial charge in [0.2, 0.25) is 0 Å². The van der Waals surface area contributed by atoms with Crippen LogP contribution in [0.25, 0.3) is 0 Å². The molecule has 0 saturated heterocycles. The summed E-state index contributed by atoms with van der Waals surface area (Å²) in [7, 11) is 0. The lowest BCUT2D eigenvalue weighted by Gasteiger charge is -2.21. The maximum atomic E-state index is 5.83. The molecule has 4 nitrogen and oxygen atoms in total. The smallest absolute Gasteiger partial charge is 0.170 e. The number of unbranched alkanes of at least 4 members (excludes halogenated alkanes) is 1. The Bertz CT molecular complexity index is 503. The number of hydrogen-bond acceptors (Lipinski definition) is 3. The molecule has 0 fully saturated rings. The second-order valence-corrected chi connectivity index (χ2v) is 7.35. The highest BCUT2D eigenvalue weighted by molar-refractivity contribution is 7.80. The third-order valence-electron chi connectivity index (χ3n) is 4.90. The van der Waals surface area contributed by atoms with Crippen molar-refractivity contribution in [3.63, 3.8) is 0 Å². The van der Waals surface area contributed by atoms with Crippen LogP contribution in [0.2, 0.25) is 0 Å². The van der Waals surface area contributed by atoms with Gasteiger partial charge in [0.25, 0.3) is 0 Å². The third-order valence-corrected chi connectivity index (χ3v) is 5.15. The minimum atomic E-state index is 0.667. The van der Waals surface area contributed by atoms with E-state index in [-0.39, 0.29) is 0 Å². The number of hydrogen-bond donors (Lipinski definition) is 2. The Kier molecular flexibility index (Phi) is 12.9. The van der Waals surface area contributed by atoms with Gasteiger partial charge in [-0.2, -0.15) is 0 Å². The average molecular weight is 394 g/mol. The summed E-state index contributed by atoms with van der Waals surface area (Å²) in [5.41, 5.74) is 2.26. The van der Waals surface area contributed by atoms with Crippen molar-refractivity contribution in [1.29, 1.82) is 0 Å². The first kappa shape index (κ1) is 23.7. The monoisotopic (exact) mass is 393 g/mol. The van der Waals surface area contributed by atoms with Crippen molar-refractivity contribution in [3.8, 4) is 0 Å². The van der Waals surface area contributed by atoms with Crippen molar-refractivity contribution < 1.29 is 4.74 Å². The molecule has 2 N–H and O–H groups in total. The summed E-state index contributed by atoms with van der Waals surface area (Å²) < 4.78 is 5.83. The van der Waals surface area contributed by atoms with E-state index in [4.69, 9.17) is 17.0 Å². The Morgan fingerprint density at radius 3 is 2.37 bits per heavy atom. The predicted molar refractivity (Wildman–Crippen MR) is 123 cm³/mol. The number of thiocarbonyl (C=S) groups is 1. The van der Waals surface area contributed by atoms with Crippen molar-refractivity contribution in [2.24, 2.45) is 5.92 Å². The van der Waals surface area contributed by atoms with Gasteiger partial charge in [0.15, 0.2) is 5.11 Å². The normalized spacial score (nSPS) is 11.9. The first-order chi connectivity index (χ1) is 13.1. The zero-order valence-corrected chi connectivity index (χ0v) is 18.5. The van der Waals surface area contributed by atoms with E-state index in [1.807, 2.05) is 0 Å². The van der Waals surface area contributed by atoms with Gasteiger partial charge in [-0.25, -0.2) is 0 Å². The molecule has 27 heavy (non-hydrogen) atoms. The van der Waals surface area contributed by atoms with E-state index in [2.05, 4.69) is 67.5 Å². The van der Waals surface area contributed by atoms with Gasteiger partial charge in [0.1, 0.15) is 0 Å². The largest absolute Gasteiger partial charge is 0.381 e. The predicted octanol–water partition coefficient (Wildman–Crippen LogP) is 5.44. The van der Waals surface area contributed by atoms with Crippen LogP contribution in [0.4, 0.5) is 11.4 Å².